The molecule has 1 unspecified atom stereocenters. The summed E-state index contributed by atoms with van der Waals surface area (Å²) in [5.74, 6) is 0.842. The van der Waals surface area contributed by atoms with Crippen LogP contribution < -0.4 is 10.6 Å². The Morgan fingerprint density at radius 3 is 2.59 bits per heavy atom. The van der Waals surface area contributed by atoms with E-state index in [1.165, 1.54) is 43.2 Å². The Hall–Kier alpha value is -0.900. The Labute approximate surface area is 211 Å². The molecule has 1 saturated heterocycles. The van der Waals surface area contributed by atoms with Crippen molar-refractivity contribution in [3.63, 3.8) is 0 Å². The Morgan fingerprint density at radius 1 is 1.09 bits per heavy atom. The van der Waals surface area contributed by atoms with Crippen LogP contribution in [0.25, 0.3) is 0 Å². The highest BCUT2D eigenvalue weighted by atomic mass is 127. The maximum absolute atomic E-state index is 5.74. The van der Waals surface area contributed by atoms with Crippen LogP contribution in [0.3, 0.4) is 0 Å². The van der Waals surface area contributed by atoms with Gasteiger partial charge in [-0.05, 0) is 50.3 Å². The third-order valence-electron chi connectivity index (χ3n) is 6.49. The van der Waals surface area contributed by atoms with E-state index >= 15 is 0 Å². The highest BCUT2D eigenvalue weighted by Crippen LogP contribution is 2.23. The fourth-order valence-corrected chi connectivity index (χ4v) is 4.57. The van der Waals surface area contributed by atoms with Crippen molar-refractivity contribution < 1.29 is 9.47 Å². The van der Waals surface area contributed by atoms with Gasteiger partial charge in [0.2, 0.25) is 0 Å². The summed E-state index contributed by atoms with van der Waals surface area (Å²) in [7, 11) is 4.10. The second-order valence-electron chi connectivity index (χ2n) is 8.89. The Balaban J connectivity index is 0.00000363. The topological polar surface area (TPSA) is 58.1 Å². The largest absolute Gasteiger partial charge is 0.379 e. The molecule has 3 rings (SSSR count). The average Bonchev–Trinajstić information content (AvgIpc) is 3.33. The van der Waals surface area contributed by atoms with Crippen molar-refractivity contribution in [2.45, 2.75) is 76.6 Å². The van der Waals surface area contributed by atoms with Crippen molar-refractivity contribution in [1.82, 2.24) is 15.5 Å². The molecule has 182 valence electrons. The summed E-state index contributed by atoms with van der Waals surface area (Å²) < 4.78 is 11.3. The molecular formula is C25H43IN4O2. The molecule has 0 radical (unpaired) electrons. The van der Waals surface area contributed by atoms with E-state index in [9.17, 15) is 0 Å². The lowest BCUT2D eigenvalue weighted by molar-refractivity contribution is 0.0168. The van der Waals surface area contributed by atoms with E-state index < -0.39 is 0 Å². The van der Waals surface area contributed by atoms with E-state index in [1.807, 2.05) is 7.05 Å². The second-order valence-corrected chi connectivity index (χ2v) is 8.89. The van der Waals surface area contributed by atoms with Crippen LogP contribution in [0.5, 0.6) is 0 Å². The van der Waals surface area contributed by atoms with Crippen LogP contribution >= 0.6 is 24.0 Å². The molecule has 1 saturated carbocycles. The molecule has 6 nitrogen and oxygen atoms in total. The normalized spacial score (nSPS) is 19.7. The minimum Gasteiger partial charge on any atom is -0.379 e. The fraction of sp³-hybridized carbons (Fsp3) is 0.720. The van der Waals surface area contributed by atoms with Gasteiger partial charge < -0.3 is 20.1 Å². The molecule has 2 N–H and O–H groups in total. The molecular weight excluding hydrogens is 515 g/mol. The van der Waals surface area contributed by atoms with E-state index in [0.717, 1.165) is 70.7 Å². The first-order valence-electron chi connectivity index (χ1n) is 12.2. The zero-order valence-corrected chi connectivity index (χ0v) is 22.3. The van der Waals surface area contributed by atoms with Gasteiger partial charge >= 0.3 is 0 Å². The molecule has 1 atom stereocenters. The third kappa shape index (κ3) is 9.53. The van der Waals surface area contributed by atoms with Crippen molar-refractivity contribution in [3.05, 3.63) is 35.4 Å². The van der Waals surface area contributed by atoms with Crippen molar-refractivity contribution in [1.29, 1.82) is 0 Å². The standard InChI is InChI=1S/C25H42N4O2.HI/c1-26-25(27-15-9-16-30-20-24-14-8-17-31-24)28-18-21-10-6-7-11-22(21)19-29(2)23-12-4-3-5-13-23;/h6-7,10-11,23-24H,3-5,8-9,12-20H2,1-2H3,(H2,26,27,28);1H. The summed E-state index contributed by atoms with van der Waals surface area (Å²) in [4.78, 5) is 6.91. The summed E-state index contributed by atoms with van der Waals surface area (Å²) in [5.41, 5.74) is 2.74. The lowest BCUT2D eigenvalue weighted by Crippen LogP contribution is -2.38. The first kappa shape index (κ1) is 27.3. The molecule has 0 amide bonds. The lowest BCUT2D eigenvalue weighted by Gasteiger charge is -2.31. The molecule has 1 heterocycles. The van der Waals surface area contributed by atoms with Gasteiger partial charge in [0.05, 0.1) is 12.7 Å². The smallest absolute Gasteiger partial charge is 0.191 e. The SMILES string of the molecule is CN=C(NCCCOCC1CCCO1)NCc1ccccc1CN(C)C1CCCCC1.I. The molecule has 1 aliphatic carbocycles. The van der Waals surface area contributed by atoms with E-state index in [1.54, 1.807) is 0 Å². The highest BCUT2D eigenvalue weighted by Gasteiger charge is 2.19. The van der Waals surface area contributed by atoms with Gasteiger partial charge in [-0.2, -0.15) is 0 Å². The Kier molecular flexibility index (Phi) is 13.5. The van der Waals surface area contributed by atoms with Crippen LogP contribution in [-0.2, 0) is 22.6 Å². The van der Waals surface area contributed by atoms with Crippen LogP contribution in [0.1, 0.15) is 62.5 Å². The van der Waals surface area contributed by atoms with E-state index in [4.69, 9.17) is 9.47 Å². The van der Waals surface area contributed by atoms with Crippen molar-refractivity contribution in [2.75, 3.05) is 40.5 Å². The average molecular weight is 559 g/mol. The van der Waals surface area contributed by atoms with Crippen LogP contribution in [0.15, 0.2) is 29.3 Å². The Bertz CT molecular complexity index is 661. The van der Waals surface area contributed by atoms with E-state index in [0.29, 0.717) is 6.10 Å². The zero-order chi connectivity index (χ0) is 21.7. The number of nitrogens with zero attached hydrogens (tertiary/aromatic N) is 2. The van der Waals surface area contributed by atoms with Gasteiger partial charge in [-0.3, -0.25) is 9.89 Å². The van der Waals surface area contributed by atoms with Gasteiger partial charge in [0.25, 0.3) is 0 Å². The monoisotopic (exact) mass is 558 g/mol. The summed E-state index contributed by atoms with van der Waals surface area (Å²) in [6.45, 7) is 4.99. The first-order chi connectivity index (χ1) is 15.3. The zero-order valence-electron chi connectivity index (χ0n) is 20.0. The second kappa shape index (κ2) is 15.9. The van der Waals surface area contributed by atoms with Gasteiger partial charge in [-0.15, -0.1) is 24.0 Å². The molecule has 2 aliphatic rings. The lowest BCUT2D eigenvalue weighted by atomic mass is 9.94. The van der Waals surface area contributed by atoms with Gasteiger partial charge in [0, 0.05) is 45.9 Å². The van der Waals surface area contributed by atoms with Gasteiger partial charge in [0.15, 0.2) is 5.96 Å². The maximum atomic E-state index is 5.74. The van der Waals surface area contributed by atoms with Crippen molar-refractivity contribution in [3.8, 4) is 0 Å². The van der Waals surface area contributed by atoms with Crippen LogP contribution in [0.2, 0.25) is 0 Å². The number of ether oxygens (including phenoxy) is 2. The number of hydrogen-bond acceptors (Lipinski definition) is 4. The fourth-order valence-electron chi connectivity index (χ4n) is 4.57. The molecule has 1 aromatic rings. The molecule has 7 heteroatoms. The molecule has 2 fully saturated rings. The van der Waals surface area contributed by atoms with Gasteiger partial charge in [-0.25, -0.2) is 0 Å². The summed E-state index contributed by atoms with van der Waals surface area (Å²) in [6, 6.07) is 9.49. The third-order valence-corrected chi connectivity index (χ3v) is 6.49. The summed E-state index contributed by atoms with van der Waals surface area (Å²) in [5, 5.41) is 6.87. The van der Waals surface area contributed by atoms with Gasteiger partial charge in [-0.1, -0.05) is 43.5 Å². The summed E-state index contributed by atoms with van der Waals surface area (Å²) in [6.07, 6.45) is 10.4. The number of rotatable bonds is 11. The number of guanidine groups is 1. The molecule has 0 bridgehead atoms. The quantitative estimate of drug-likeness (QED) is 0.184. The number of nitrogens with one attached hydrogen (secondary N) is 2. The molecule has 1 aromatic carbocycles. The van der Waals surface area contributed by atoms with E-state index in [2.05, 4.69) is 51.8 Å². The van der Waals surface area contributed by atoms with Crippen LogP contribution in [0.4, 0.5) is 0 Å². The van der Waals surface area contributed by atoms with Crippen LogP contribution in [0, 0.1) is 0 Å². The van der Waals surface area contributed by atoms with E-state index in [-0.39, 0.29) is 24.0 Å². The first-order valence-corrected chi connectivity index (χ1v) is 12.2. The number of aliphatic imine (C=N–C) groups is 1. The predicted molar refractivity (Wildman–Crippen MR) is 143 cm³/mol. The van der Waals surface area contributed by atoms with Crippen LogP contribution in [-0.4, -0.2) is 63.5 Å². The molecule has 1 aliphatic heterocycles. The minimum atomic E-state index is 0. The van der Waals surface area contributed by atoms with Crippen molar-refractivity contribution in [2.24, 2.45) is 4.99 Å². The maximum Gasteiger partial charge on any atom is 0.191 e. The van der Waals surface area contributed by atoms with Gasteiger partial charge in [0.1, 0.15) is 0 Å². The Morgan fingerprint density at radius 2 is 1.88 bits per heavy atom. The highest BCUT2D eigenvalue weighted by molar-refractivity contribution is 14.0. The molecule has 32 heavy (non-hydrogen) atoms. The number of benzene rings is 1. The predicted octanol–water partition coefficient (Wildman–Crippen LogP) is 4.32. The molecule has 0 spiro atoms. The molecule has 0 aromatic heterocycles. The summed E-state index contributed by atoms with van der Waals surface area (Å²) >= 11 is 0. The van der Waals surface area contributed by atoms with Crippen molar-refractivity contribution >= 4 is 29.9 Å². The minimum absolute atomic E-state index is 0. The number of hydrogen-bond donors (Lipinski definition) is 2. The number of halogens is 1.